The minimum atomic E-state index is -0.447. The number of benzene rings is 1. The molecule has 0 saturated carbocycles. The van der Waals surface area contributed by atoms with Crippen LogP contribution in [0, 0.1) is 0 Å². The number of anilines is 1. The molecule has 3 amide bonds. The molecule has 0 radical (unpaired) electrons. The van der Waals surface area contributed by atoms with Gasteiger partial charge in [0.1, 0.15) is 0 Å². The molecule has 1 aromatic rings. The van der Waals surface area contributed by atoms with Crippen LogP contribution in [-0.4, -0.2) is 30.1 Å². The summed E-state index contributed by atoms with van der Waals surface area (Å²) in [6.07, 6.45) is 0. The minimum absolute atomic E-state index is 0.197. The largest absolute Gasteiger partial charge is 0.329 e. The number of carbonyl (C=O) groups excluding carboxylic acids is 2. The van der Waals surface area contributed by atoms with Gasteiger partial charge in [0.15, 0.2) is 0 Å². The molecule has 0 aromatic heterocycles. The molecule has 0 unspecified atom stereocenters. The van der Waals surface area contributed by atoms with Gasteiger partial charge in [-0.3, -0.25) is 10.1 Å². The highest BCUT2D eigenvalue weighted by atomic mass is 35.5. The van der Waals surface area contributed by atoms with Crippen molar-refractivity contribution in [3.8, 4) is 0 Å². The minimum Gasteiger partial charge on any atom is -0.307 e. The van der Waals surface area contributed by atoms with Crippen LogP contribution in [0.5, 0.6) is 0 Å². The van der Waals surface area contributed by atoms with E-state index in [0.29, 0.717) is 10.7 Å². The summed E-state index contributed by atoms with van der Waals surface area (Å²) in [6.45, 7) is 0.439. The van der Waals surface area contributed by atoms with Crippen molar-refractivity contribution in [1.82, 2.24) is 10.2 Å². The molecular formula is C10H10ClN3O2. The van der Waals surface area contributed by atoms with Crippen molar-refractivity contribution in [3.05, 3.63) is 29.3 Å². The monoisotopic (exact) mass is 239 g/mol. The maximum absolute atomic E-state index is 11.6. The summed E-state index contributed by atoms with van der Waals surface area (Å²) in [5.74, 6) is -0.237. The molecular weight excluding hydrogens is 230 g/mol. The third kappa shape index (κ3) is 2.32. The maximum atomic E-state index is 11.6. The Labute approximate surface area is 97.4 Å². The SMILES string of the molecule is O=C1CNCN1C(=O)Nc1cccc(Cl)c1. The van der Waals surface area contributed by atoms with E-state index in [2.05, 4.69) is 10.6 Å². The fourth-order valence-corrected chi connectivity index (χ4v) is 1.59. The predicted octanol–water partition coefficient (Wildman–Crippen LogP) is 1.26. The molecule has 16 heavy (non-hydrogen) atoms. The van der Waals surface area contributed by atoms with Gasteiger partial charge in [0.05, 0.1) is 13.2 Å². The molecule has 1 saturated heterocycles. The molecule has 0 bridgehead atoms. The molecule has 1 aliphatic heterocycles. The van der Waals surface area contributed by atoms with E-state index in [-0.39, 0.29) is 19.1 Å². The second kappa shape index (κ2) is 4.51. The number of hydrogen-bond acceptors (Lipinski definition) is 3. The molecule has 0 atom stereocenters. The van der Waals surface area contributed by atoms with E-state index in [1.165, 1.54) is 0 Å². The van der Waals surface area contributed by atoms with Crippen LogP contribution >= 0.6 is 11.6 Å². The number of nitrogens with one attached hydrogen (secondary N) is 2. The van der Waals surface area contributed by atoms with Crippen LogP contribution in [0.25, 0.3) is 0 Å². The Bertz CT molecular complexity index is 436. The summed E-state index contributed by atoms with van der Waals surface area (Å²) in [4.78, 5) is 24.0. The quantitative estimate of drug-likeness (QED) is 0.776. The Morgan fingerprint density at radius 1 is 1.50 bits per heavy atom. The van der Waals surface area contributed by atoms with Crippen molar-refractivity contribution in [2.24, 2.45) is 0 Å². The van der Waals surface area contributed by atoms with Crippen molar-refractivity contribution >= 4 is 29.2 Å². The predicted molar refractivity (Wildman–Crippen MR) is 60.2 cm³/mol. The first kappa shape index (κ1) is 10.9. The van der Waals surface area contributed by atoms with Gasteiger partial charge in [-0.2, -0.15) is 0 Å². The van der Waals surface area contributed by atoms with Crippen LogP contribution in [-0.2, 0) is 4.79 Å². The van der Waals surface area contributed by atoms with Crippen molar-refractivity contribution in [1.29, 1.82) is 0 Å². The maximum Gasteiger partial charge on any atom is 0.329 e. The lowest BCUT2D eigenvalue weighted by atomic mass is 10.3. The van der Waals surface area contributed by atoms with Gasteiger partial charge in [-0.25, -0.2) is 9.69 Å². The van der Waals surface area contributed by atoms with Crippen LogP contribution in [0.3, 0.4) is 0 Å². The lowest BCUT2D eigenvalue weighted by molar-refractivity contribution is -0.123. The Morgan fingerprint density at radius 2 is 2.31 bits per heavy atom. The zero-order valence-electron chi connectivity index (χ0n) is 8.37. The number of imide groups is 1. The summed E-state index contributed by atoms with van der Waals surface area (Å²) >= 11 is 5.77. The van der Waals surface area contributed by atoms with Crippen LogP contribution in [0.4, 0.5) is 10.5 Å². The van der Waals surface area contributed by atoms with Gasteiger partial charge < -0.3 is 5.32 Å². The Kier molecular flexibility index (Phi) is 3.07. The van der Waals surface area contributed by atoms with Gasteiger partial charge in [-0.15, -0.1) is 0 Å². The zero-order chi connectivity index (χ0) is 11.5. The molecule has 84 valence electrons. The molecule has 2 rings (SSSR count). The van der Waals surface area contributed by atoms with Gasteiger partial charge in [0.2, 0.25) is 5.91 Å². The smallest absolute Gasteiger partial charge is 0.307 e. The van der Waals surface area contributed by atoms with E-state index in [1.54, 1.807) is 24.3 Å². The number of amides is 3. The van der Waals surface area contributed by atoms with Crippen molar-refractivity contribution in [3.63, 3.8) is 0 Å². The molecule has 5 nitrogen and oxygen atoms in total. The first-order chi connectivity index (χ1) is 7.66. The average molecular weight is 240 g/mol. The fourth-order valence-electron chi connectivity index (χ4n) is 1.40. The number of carbonyl (C=O) groups is 2. The highest BCUT2D eigenvalue weighted by molar-refractivity contribution is 6.30. The molecule has 1 fully saturated rings. The molecule has 1 heterocycles. The lowest BCUT2D eigenvalue weighted by Gasteiger charge is -2.13. The van der Waals surface area contributed by atoms with E-state index in [9.17, 15) is 9.59 Å². The third-order valence-corrected chi connectivity index (χ3v) is 2.40. The number of nitrogens with zero attached hydrogens (tertiary/aromatic N) is 1. The van der Waals surface area contributed by atoms with Crippen molar-refractivity contribution in [2.45, 2.75) is 0 Å². The Balaban J connectivity index is 2.04. The molecule has 0 spiro atoms. The first-order valence-electron chi connectivity index (χ1n) is 4.74. The van der Waals surface area contributed by atoms with Crippen molar-refractivity contribution in [2.75, 3.05) is 18.5 Å². The van der Waals surface area contributed by atoms with Gasteiger partial charge in [-0.1, -0.05) is 17.7 Å². The van der Waals surface area contributed by atoms with Crippen molar-refractivity contribution < 1.29 is 9.59 Å². The fraction of sp³-hybridized carbons (Fsp3) is 0.200. The number of hydrogen-bond donors (Lipinski definition) is 2. The second-order valence-electron chi connectivity index (χ2n) is 3.35. The summed E-state index contributed by atoms with van der Waals surface area (Å²) in [7, 11) is 0. The lowest BCUT2D eigenvalue weighted by Crippen LogP contribution is -2.36. The highest BCUT2D eigenvalue weighted by Gasteiger charge is 2.25. The Hall–Kier alpha value is -1.59. The van der Waals surface area contributed by atoms with E-state index >= 15 is 0 Å². The zero-order valence-corrected chi connectivity index (χ0v) is 9.12. The third-order valence-electron chi connectivity index (χ3n) is 2.17. The number of halogens is 1. The van der Waals surface area contributed by atoms with Crippen LogP contribution in [0.15, 0.2) is 24.3 Å². The van der Waals surface area contributed by atoms with E-state index < -0.39 is 6.03 Å². The standard InChI is InChI=1S/C10H10ClN3O2/c11-7-2-1-3-8(4-7)13-10(16)14-6-12-5-9(14)15/h1-4,12H,5-6H2,(H,13,16). The topological polar surface area (TPSA) is 61.4 Å². The molecule has 1 aliphatic rings. The van der Waals surface area contributed by atoms with Crippen LogP contribution in [0.2, 0.25) is 5.02 Å². The van der Waals surface area contributed by atoms with Gasteiger partial charge in [0, 0.05) is 10.7 Å². The first-order valence-corrected chi connectivity index (χ1v) is 5.12. The summed E-state index contributed by atoms with van der Waals surface area (Å²) < 4.78 is 0. The van der Waals surface area contributed by atoms with Crippen LogP contribution in [0.1, 0.15) is 0 Å². The summed E-state index contributed by atoms with van der Waals surface area (Å²) in [5.41, 5.74) is 0.567. The normalized spacial score (nSPS) is 15.3. The number of urea groups is 1. The molecule has 2 N–H and O–H groups in total. The highest BCUT2D eigenvalue weighted by Crippen LogP contribution is 2.15. The van der Waals surface area contributed by atoms with E-state index in [4.69, 9.17) is 11.6 Å². The van der Waals surface area contributed by atoms with Gasteiger partial charge in [-0.05, 0) is 18.2 Å². The Morgan fingerprint density at radius 3 is 2.94 bits per heavy atom. The molecule has 0 aliphatic carbocycles. The van der Waals surface area contributed by atoms with E-state index in [1.807, 2.05) is 0 Å². The van der Waals surface area contributed by atoms with E-state index in [0.717, 1.165) is 4.90 Å². The van der Waals surface area contributed by atoms with Gasteiger partial charge >= 0.3 is 6.03 Å². The summed E-state index contributed by atoms with van der Waals surface area (Å²) in [6, 6.07) is 6.31. The second-order valence-corrected chi connectivity index (χ2v) is 3.78. The average Bonchev–Trinajstić information content (AvgIpc) is 2.64. The summed E-state index contributed by atoms with van der Waals surface area (Å²) in [5, 5.41) is 5.92. The van der Waals surface area contributed by atoms with Crippen LogP contribution < -0.4 is 10.6 Å². The van der Waals surface area contributed by atoms with Gasteiger partial charge in [0.25, 0.3) is 0 Å². The molecule has 6 heteroatoms. The molecule has 1 aromatic carbocycles. The number of rotatable bonds is 1.